The van der Waals surface area contributed by atoms with Gasteiger partial charge in [0.1, 0.15) is 5.82 Å². The summed E-state index contributed by atoms with van der Waals surface area (Å²) in [5, 5.41) is 0. The van der Waals surface area contributed by atoms with Gasteiger partial charge in [0.05, 0.1) is 20.3 Å². The van der Waals surface area contributed by atoms with Crippen LogP contribution in [0.1, 0.15) is 28.3 Å². The summed E-state index contributed by atoms with van der Waals surface area (Å²) in [6.45, 7) is 3.77. The highest BCUT2D eigenvalue weighted by atomic mass is 19.1. The van der Waals surface area contributed by atoms with Crippen molar-refractivity contribution in [3.8, 4) is 11.5 Å². The molecule has 0 aliphatic carbocycles. The third-order valence-corrected chi connectivity index (χ3v) is 3.60. The predicted molar refractivity (Wildman–Crippen MR) is 81.5 cm³/mol. The number of halogens is 1. The van der Waals surface area contributed by atoms with E-state index in [2.05, 4.69) is 0 Å². The molecule has 0 fully saturated rings. The van der Waals surface area contributed by atoms with Gasteiger partial charge < -0.3 is 15.2 Å². The lowest BCUT2D eigenvalue weighted by Gasteiger charge is -2.19. The second-order valence-corrected chi connectivity index (χ2v) is 5.07. The second-order valence-electron chi connectivity index (χ2n) is 5.07. The van der Waals surface area contributed by atoms with Crippen molar-refractivity contribution < 1.29 is 13.9 Å². The van der Waals surface area contributed by atoms with Gasteiger partial charge in [0, 0.05) is 5.56 Å². The van der Waals surface area contributed by atoms with E-state index in [1.165, 1.54) is 6.07 Å². The van der Waals surface area contributed by atoms with Gasteiger partial charge in [0.15, 0.2) is 11.5 Å². The molecule has 21 heavy (non-hydrogen) atoms. The average molecular weight is 289 g/mol. The monoisotopic (exact) mass is 289 g/mol. The van der Waals surface area contributed by atoms with E-state index in [1.807, 2.05) is 26.0 Å². The molecule has 0 heterocycles. The largest absolute Gasteiger partial charge is 0.493 e. The summed E-state index contributed by atoms with van der Waals surface area (Å²) in [7, 11) is 3.14. The summed E-state index contributed by atoms with van der Waals surface area (Å²) in [5.74, 6) is 0.924. The number of hydrogen-bond acceptors (Lipinski definition) is 3. The van der Waals surface area contributed by atoms with Crippen LogP contribution in [-0.4, -0.2) is 14.2 Å². The van der Waals surface area contributed by atoms with Crippen LogP contribution in [0.15, 0.2) is 30.3 Å². The molecule has 2 rings (SSSR count). The molecule has 112 valence electrons. The predicted octanol–water partition coefficient (Wildman–Crippen LogP) is 3.51. The highest BCUT2D eigenvalue weighted by Crippen LogP contribution is 2.34. The van der Waals surface area contributed by atoms with E-state index < -0.39 is 6.04 Å². The van der Waals surface area contributed by atoms with Crippen LogP contribution in [0.5, 0.6) is 11.5 Å². The van der Waals surface area contributed by atoms with E-state index in [0.717, 1.165) is 16.7 Å². The number of nitrogens with two attached hydrogens (primary N) is 1. The Labute approximate surface area is 124 Å². The number of ether oxygens (including phenoxy) is 2. The van der Waals surface area contributed by atoms with Crippen LogP contribution in [0, 0.1) is 19.7 Å². The molecule has 0 saturated heterocycles. The lowest BCUT2D eigenvalue weighted by atomic mass is 9.94. The molecule has 1 unspecified atom stereocenters. The van der Waals surface area contributed by atoms with Crippen LogP contribution in [0.4, 0.5) is 4.39 Å². The van der Waals surface area contributed by atoms with Crippen LogP contribution in [-0.2, 0) is 0 Å². The second kappa shape index (κ2) is 6.14. The minimum atomic E-state index is -0.551. The zero-order valence-corrected chi connectivity index (χ0v) is 12.7. The smallest absolute Gasteiger partial charge is 0.161 e. The highest BCUT2D eigenvalue weighted by Gasteiger charge is 2.18. The third-order valence-electron chi connectivity index (χ3n) is 3.60. The Hall–Kier alpha value is -2.07. The summed E-state index contributed by atoms with van der Waals surface area (Å²) in [4.78, 5) is 0. The molecule has 3 nitrogen and oxygen atoms in total. The molecule has 0 radical (unpaired) electrons. The molecule has 0 aliphatic rings. The standard InChI is InChI=1S/C17H20FNO2/c1-10-5-6-12(14(18)7-10)17(19)13-9-16(21-4)15(20-3)8-11(13)2/h5-9,17H,19H2,1-4H3. The quantitative estimate of drug-likeness (QED) is 0.936. The van der Waals surface area contributed by atoms with Crippen LogP contribution >= 0.6 is 0 Å². The molecular weight excluding hydrogens is 269 g/mol. The average Bonchev–Trinajstić information content (AvgIpc) is 2.46. The number of hydrogen-bond donors (Lipinski definition) is 1. The third kappa shape index (κ3) is 3.00. The minimum Gasteiger partial charge on any atom is -0.493 e. The van der Waals surface area contributed by atoms with E-state index in [1.54, 1.807) is 26.4 Å². The molecule has 0 bridgehead atoms. The lowest BCUT2D eigenvalue weighted by molar-refractivity contribution is 0.354. The summed E-state index contributed by atoms with van der Waals surface area (Å²) in [6, 6.07) is 8.18. The Kier molecular flexibility index (Phi) is 4.48. The topological polar surface area (TPSA) is 44.5 Å². The highest BCUT2D eigenvalue weighted by molar-refractivity contribution is 5.50. The van der Waals surface area contributed by atoms with Crippen LogP contribution in [0.2, 0.25) is 0 Å². The van der Waals surface area contributed by atoms with E-state index >= 15 is 0 Å². The summed E-state index contributed by atoms with van der Waals surface area (Å²) in [6.07, 6.45) is 0. The Morgan fingerprint density at radius 1 is 0.952 bits per heavy atom. The zero-order chi connectivity index (χ0) is 15.6. The van der Waals surface area contributed by atoms with Crippen molar-refractivity contribution in [3.05, 3.63) is 58.4 Å². The maximum Gasteiger partial charge on any atom is 0.161 e. The number of rotatable bonds is 4. The fourth-order valence-electron chi connectivity index (χ4n) is 2.38. The SMILES string of the molecule is COc1cc(C)c(C(N)c2ccc(C)cc2F)cc1OC. The number of benzene rings is 2. The molecule has 1 atom stereocenters. The van der Waals surface area contributed by atoms with Gasteiger partial charge >= 0.3 is 0 Å². The molecule has 0 spiro atoms. The first-order valence-corrected chi connectivity index (χ1v) is 6.72. The van der Waals surface area contributed by atoms with Crippen molar-refractivity contribution in [1.82, 2.24) is 0 Å². The zero-order valence-electron chi connectivity index (χ0n) is 12.7. The number of aryl methyl sites for hydroxylation is 2. The maximum atomic E-state index is 14.1. The first kappa shape index (κ1) is 15.3. The molecule has 2 aromatic carbocycles. The van der Waals surface area contributed by atoms with Gasteiger partial charge in [-0.05, 0) is 48.7 Å². The van der Waals surface area contributed by atoms with Gasteiger partial charge in [-0.3, -0.25) is 0 Å². The molecule has 4 heteroatoms. The first-order valence-electron chi connectivity index (χ1n) is 6.72. The Bertz CT molecular complexity index is 655. The first-order chi connectivity index (χ1) is 9.97. The maximum absolute atomic E-state index is 14.1. The van der Waals surface area contributed by atoms with Gasteiger partial charge in [-0.1, -0.05) is 12.1 Å². The van der Waals surface area contributed by atoms with E-state index in [0.29, 0.717) is 17.1 Å². The fourth-order valence-corrected chi connectivity index (χ4v) is 2.38. The Morgan fingerprint density at radius 2 is 1.57 bits per heavy atom. The molecule has 2 N–H and O–H groups in total. The van der Waals surface area contributed by atoms with Crippen molar-refractivity contribution >= 4 is 0 Å². The van der Waals surface area contributed by atoms with Crippen LogP contribution < -0.4 is 15.2 Å². The normalized spacial score (nSPS) is 12.1. The molecule has 2 aromatic rings. The van der Waals surface area contributed by atoms with Gasteiger partial charge in [0.25, 0.3) is 0 Å². The van der Waals surface area contributed by atoms with Gasteiger partial charge in [-0.25, -0.2) is 4.39 Å². The Balaban J connectivity index is 2.50. The summed E-state index contributed by atoms with van der Waals surface area (Å²) >= 11 is 0. The fraction of sp³-hybridized carbons (Fsp3) is 0.294. The Morgan fingerprint density at radius 3 is 2.14 bits per heavy atom. The van der Waals surface area contributed by atoms with Crippen LogP contribution in [0.3, 0.4) is 0 Å². The van der Waals surface area contributed by atoms with Crippen molar-refractivity contribution in [2.75, 3.05) is 14.2 Å². The van der Waals surface area contributed by atoms with Crippen molar-refractivity contribution in [2.24, 2.45) is 5.73 Å². The molecule has 0 amide bonds. The summed E-state index contributed by atoms with van der Waals surface area (Å²) < 4.78 is 24.7. The number of methoxy groups -OCH3 is 2. The van der Waals surface area contributed by atoms with Gasteiger partial charge in [0.2, 0.25) is 0 Å². The van der Waals surface area contributed by atoms with Gasteiger partial charge in [-0.2, -0.15) is 0 Å². The lowest BCUT2D eigenvalue weighted by Crippen LogP contribution is -2.15. The minimum absolute atomic E-state index is 0.295. The van der Waals surface area contributed by atoms with Crippen LogP contribution in [0.25, 0.3) is 0 Å². The van der Waals surface area contributed by atoms with Gasteiger partial charge in [-0.15, -0.1) is 0 Å². The summed E-state index contributed by atoms with van der Waals surface area (Å²) in [5.41, 5.74) is 9.33. The van der Waals surface area contributed by atoms with Crippen molar-refractivity contribution in [3.63, 3.8) is 0 Å². The molecule has 0 saturated carbocycles. The van der Waals surface area contributed by atoms with E-state index in [9.17, 15) is 4.39 Å². The van der Waals surface area contributed by atoms with Crippen molar-refractivity contribution in [2.45, 2.75) is 19.9 Å². The van der Waals surface area contributed by atoms with E-state index in [-0.39, 0.29) is 5.82 Å². The van der Waals surface area contributed by atoms with E-state index in [4.69, 9.17) is 15.2 Å². The molecule has 0 aliphatic heterocycles. The molecular formula is C17H20FNO2. The molecule has 0 aromatic heterocycles. The van der Waals surface area contributed by atoms with Crippen molar-refractivity contribution in [1.29, 1.82) is 0 Å².